The predicted molar refractivity (Wildman–Crippen MR) is 50.7 cm³/mol. The second-order valence-corrected chi connectivity index (χ2v) is 2.61. The third kappa shape index (κ3) is 1.35. The SMILES string of the molecule is C1=C/C=c2/ccnc/c2=C/C=C1. The number of hydrogen-bond donors (Lipinski definition) is 0. The van der Waals surface area contributed by atoms with E-state index < -0.39 is 0 Å². The zero-order valence-electron chi connectivity index (χ0n) is 6.64. The third-order valence-corrected chi connectivity index (χ3v) is 1.77. The van der Waals surface area contributed by atoms with Crippen molar-refractivity contribution in [2.75, 3.05) is 0 Å². The molecule has 1 aromatic rings. The fraction of sp³-hybridized carbons (Fsp3) is 0. The lowest BCUT2D eigenvalue weighted by atomic mass is 10.2. The first-order valence-electron chi connectivity index (χ1n) is 3.92. The highest BCUT2D eigenvalue weighted by atomic mass is 14.6. The molecule has 58 valence electrons. The molecule has 1 aliphatic carbocycles. The minimum Gasteiger partial charge on any atom is -0.264 e. The van der Waals surface area contributed by atoms with Crippen molar-refractivity contribution in [3.8, 4) is 0 Å². The lowest BCUT2D eigenvalue weighted by Gasteiger charge is -1.88. The number of rotatable bonds is 0. The van der Waals surface area contributed by atoms with Crippen LogP contribution in [0.1, 0.15) is 0 Å². The fourth-order valence-electron chi connectivity index (χ4n) is 1.16. The molecule has 0 aliphatic heterocycles. The molecule has 0 unspecified atom stereocenters. The van der Waals surface area contributed by atoms with E-state index in [4.69, 9.17) is 0 Å². The molecule has 1 aromatic heterocycles. The third-order valence-electron chi connectivity index (χ3n) is 1.77. The van der Waals surface area contributed by atoms with E-state index in [1.54, 1.807) is 0 Å². The van der Waals surface area contributed by atoms with Gasteiger partial charge in [0.15, 0.2) is 0 Å². The summed E-state index contributed by atoms with van der Waals surface area (Å²) in [5, 5.41) is 2.38. The van der Waals surface area contributed by atoms with Gasteiger partial charge in [0.2, 0.25) is 0 Å². The number of nitrogens with zero attached hydrogens (tertiary/aromatic N) is 1. The van der Waals surface area contributed by atoms with Crippen molar-refractivity contribution in [2.24, 2.45) is 0 Å². The minimum atomic E-state index is 1.16. The predicted octanol–water partition coefficient (Wildman–Crippen LogP) is 0.769. The molecule has 0 radical (unpaired) electrons. The molecule has 0 N–H and O–H groups in total. The van der Waals surface area contributed by atoms with Gasteiger partial charge in [-0.15, -0.1) is 0 Å². The summed E-state index contributed by atoms with van der Waals surface area (Å²) in [6, 6.07) is 2.01. The Hall–Kier alpha value is -1.63. The highest BCUT2D eigenvalue weighted by Crippen LogP contribution is 1.82. The molecule has 2 rings (SSSR count). The van der Waals surface area contributed by atoms with Crippen molar-refractivity contribution in [3.05, 3.63) is 53.2 Å². The van der Waals surface area contributed by atoms with Crippen LogP contribution >= 0.6 is 0 Å². The molecule has 0 fully saturated rings. The maximum Gasteiger partial charge on any atom is 0.0346 e. The second-order valence-electron chi connectivity index (χ2n) is 2.61. The zero-order valence-corrected chi connectivity index (χ0v) is 6.64. The Morgan fingerprint density at radius 1 is 0.833 bits per heavy atom. The number of aromatic nitrogens is 1. The molecule has 0 amide bonds. The smallest absolute Gasteiger partial charge is 0.0346 e. The largest absolute Gasteiger partial charge is 0.264 e. The second kappa shape index (κ2) is 3.18. The Morgan fingerprint density at radius 2 is 1.58 bits per heavy atom. The summed E-state index contributed by atoms with van der Waals surface area (Å²) in [4.78, 5) is 4.06. The number of hydrogen-bond acceptors (Lipinski definition) is 1. The van der Waals surface area contributed by atoms with Crippen LogP contribution in [0.4, 0.5) is 0 Å². The van der Waals surface area contributed by atoms with E-state index >= 15 is 0 Å². The first-order valence-corrected chi connectivity index (χ1v) is 3.92. The Balaban J connectivity index is 2.80. The molecular formula is C11H9N. The molecule has 1 heterocycles. The van der Waals surface area contributed by atoms with E-state index in [2.05, 4.69) is 17.1 Å². The Kier molecular flexibility index (Phi) is 1.87. The summed E-state index contributed by atoms with van der Waals surface area (Å²) in [6.07, 6.45) is 15.9. The molecular weight excluding hydrogens is 146 g/mol. The minimum absolute atomic E-state index is 1.16. The van der Waals surface area contributed by atoms with Gasteiger partial charge in [-0.3, -0.25) is 4.98 Å². The van der Waals surface area contributed by atoms with Gasteiger partial charge >= 0.3 is 0 Å². The van der Waals surface area contributed by atoms with Crippen LogP contribution in [0.5, 0.6) is 0 Å². The van der Waals surface area contributed by atoms with Gasteiger partial charge in [-0.1, -0.05) is 36.5 Å². The molecule has 0 saturated heterocycles. The van der Waals surface area contributed by atoms with Gasteiger partial charge in [0.05, 0.1) is 0 Å². The van der Waals surface area contributed by atoms with Crippen LogP contribution in [0.2, 0.25) is 0 Å². The van der Waals surface area contributed by atoms with Crippen LogP contribution in [0.25, 0.3) is 12.2 Å². The zero-order chi connectivity index (χ0) is 8.23. The average Bonchev–Trinajstić information content (AvgIpc) is 2.06. The first-order chi connectivity index (χ1) is 5.97. The normalized spacial score (nSPS) is 19.3. The van der Waals surface area contributed by atoms with Gasteiger partial charge in [-0.05, 0) is 16.5 Å². The van der Waals surface area contributed by atoms with E-state index in [0.717, 1.165) is 5.22 Å². The highest BCUT2D eigenvalue weighted by molar-refractivity contribution is 5.46. The molecule has 1 nitrogen and oxygen atoms in total. The summed E-state index contributed by atoms with van der Waals surface area (Å²) in [6.45, 7) is 0. The molecule has 1 aliphatic rings. The van der Waals surface area contributed by atoms with Crippen LogP contribution < -0.4 is 10.4 Å². The Bertz CT molecular complexity index is 395. The number of fused-ring (bicyclic) bond motifs is 1. The maximum atomic E-state index is 4.06. The molecule has 0 bridgehead atoms. The molecule has 12 heavy (non-hydrogen) atoms. The lowest BCUT2D eigenvalue weighted by Crippen LogP contribution is -2.24. The van der Waals surface area contributed by atoms with Gasteiger partial charge in [0, 0.05) is 12.4 Å². The first kappa shape index (κ1) is 7.04. The van der Waals surface area contributed by atoms with Crippen molar-refractivity contribution in [2.45, 2.75) is 0 Å². The maximum absolute atomic E-state index is 4.06. The molecule has 0 saturated carbocycles. The van der Waals surface area contributed by atoms with Crippen LogP contribution in [-0.2, 0) is 0 Å². The molecule has 0 spiro atoms. The standard InChI is InChI=1S/C11H9N/c1-2-4-6-11-9-12-8-7-10(11)5-3-1/h1-9H/b2-1?,3-1?,4-2?,5-3?,6-4?,10-5-,11-6-. The van der Waals surface area contributed by atoms with E-state index in [9.17, 15) is 0 Å². The van der Waals surface area contributed by atoms with E-state index in [1.807, 2.05) is 42.8 Å². The summed E-state index contributed by atoms with van der Waals surface area (Å²) >= 11 is 0. The van der Waals surface area contributed by atoms with Crippen LogP contribution in [0.15, 0.2) is 42.8 Å². The topological polar surface area (TPSA) is 12.9 Å². The Morgan fingerprint density at radius 3 is 2.42 bits per heavy atom. The Labute approximate surface area is 71.1 Å². The van der Waals surface area contributed by atoms with Crippen molar-refractivity contribution < 1.29 is 0 Å². The summed E-state index contributed by atoms with van der Waals surface area (Å²) in [5.41, 5.74) is 0. The van der Waals surface area contributed by atoms with Gasteiger partial charge < -0.3 is 0 Å². The quantitative estimate of drug-likeness (QED) is 0.539. The number of pyridine rings is 1. The van der Waals surface area contributed by atoms with Gasteiger partial charge in [-0.25, -0.2) is 0 Å². The monoisotopic (exact) mass is 155 g/mol. The summed E-state index contributed by atoms with van der Waals surface area (Å²) in [5.74, 6) is 0. The van der Waals surface area contributed by atoms with E-state index in [1.165, 1.54) is 5.22 Å². The van der Waals surface area contributed by atoms with Gasteiger partial charge in [-0.2, -0.15) is 0 Å². The molecule has 1 heteroatoms. The van der Waals surface area contributed by atoms with Crippen LogP contribution in [0.3, 0.4) is 0 Å². The van der Waals surface area contributed by atoms with Crippen molar-refractivity contribution in [1.29, 1.82) is 0 Å². The summed E-state index contributed by atoms with van der Waals surface area (Å²) < 4.78 is 0. The fourth-order valence-corrected chi connectivity index (χ4v) is 1.16. The molecule has 0 aromatic carbocycles. The van der Waals surface area contributed by atoms with Crippen LogP contribution in [-0.4, -0.2) is 4.98 Å². The number of allylic oxidation sites excluding steroid dienone is 4. The van der Waals surface area contributed by atoms with Gasteiger partial charge in [0.25, 0.3) is 0 Å². The lowest BCUT2D eigenvalue weighted by molar-refractivity contribution is 1.27. The van der Waals surface area contributed by atoms with Crippen molar-refractivity contribution in [1.82, 2.24) is 4.98 Å². The van der Waals surface area contributed by atoms with Gasteiger partial charge in [0.1, 0.15) is 0 Å². The van der Waals surface area contributed by atoms with Crippen LogP contribution in [0, 0.1) is 0 Å². The van der Waals surface area contributed by atoms with E-state index in [-0.39, 0.29) is 0 Å². The van der Waals surface area contributed by atoms with Crippen molar-refractivity contribution in [3.63, 3.8) is 0 Å². The summed E-state index contributed by atoms with van der Waals surface area (Å²) in [7, 11) is 0. The van der Waals surface area contributed by atoms with E-state index in [0.29, 0.717) is 0 Å². The highest BCUT2D eigenvalue weighted by Gasteiger charge is 1.82. The molecule has 0 atom stereocenters. The van der Waals surface area contributed by atoms with Crippen molar-refractivity contribution >= 4 is 12.2 Å². The average molecular weight is 155 g/mol.